The molecule has 19 heavy (non-hydrogen) atoms. The van der Waals surface area contributed by atoms with Crippen LogP contribution in [0.4, 0.5) is 5.82 Å². The van der Waals surface area contributed by atoms with E-state index < -0.39 is 0 Å². The molecule has 0 amide bonds. The topological polar surface area (TPSA) is 50.3 Å². The Balaban J connectivity index is 1.81. The quantitative estimate of drug-likeness (QED) is 0.895. The Morgan fingerprint density at radius 1 is 1.37 bits per heavy atom. The van der Waals surface area contributed by atoms with Gasteiger partial charge in [-0.25, -0.2) is 0 Å². The molecule has 3 heterocycles. The Kier molecular flexibility index (Phi) is 3.86. The van der Waals surface area contributed by atoms with Crippen LogP contribution in [0.1, 0.15) is 24.0 Å². The highest BCUT2D eigenvalue weighted by atomic mass is 35.5. The van der Waals surface area contributed by atoms with Gasteiger partial charge in [-0.05, 0) is 32.9 Å². The Labute approximate surface area is 118 Å². The summed E-state index contributed by atoms with van der Waals surface area (Å²) in [4.78, 5) is 2.34. The van der Waals surface area contributed by atoms with Gasteiger partial charge in [0.15, 0.2) is 11.0 Å². The molecule has 2 aliphatic heterocycles. The van der Waals surface area contributed by atoms with Crippen LogP contribution in [0.15, 0.2) is 0 Å². The Hall–Kier alpha value is -0.910. The normalized spacial score (nSPS) is 24.0. The summed E-state index contributed by atoms with van der Waals surface area (Å²) in [6.07, 6.45) is 3.21. The fourth-order valence-electron chi connectivity index (χ4n) is 2.83. The third-order valence-corrected chi connectivity index (χ3v) is 4.15. The first-order valence-electron chi connectivity index (χ1n) is 6.81. The predicted octanol–water partition coefficient (Wildman–Crippen LogP) is 1.71. The maximum atomic E-state index is 6.11. The average Bonchev–Trinajstić information content (AvgIpc) is 2.42. The van der Waals surface area contributed by atoms with Crippen molar-refractivity contribution in [2.45, 2.75) is 31.9 Å². The van der Waals surface area contributed by atoms with Crippen LogP contribution in [0.2, 0.25) is 5.15 Å². The highest BCUT2D eigenvalue weighted by Crippen LogP contribution is 2.28. The van der Waals surface area contributed by atoms with Crippen molar-refractivity contribution in [3.8, 4) is 0 Å². The molecule has 104 valence electrons. The van der Waals surface area contributed by atoms with Crippen molar-refractivity contribution in [2.24, 2.45) is 0 Å². The molecule has 5 nitrogen and oxygen atoms in total. The average molecular weight is 283 g/mol. The summed E-state index contributed by atoms with van der Waals surface area (Å²) in [6.45, 7) is 3.51. The number of ether oxygens (including phenoxy) is 1. The fraction of sp³-hybridized carbons (Fsp3) is 0.692. The largest absolute Gasteiger partial charge is 0.376 e. The minimum absolute atomic E-state index is 0.431. The van der Waals surface area contributed by atoms with Crippen LogP contribution in [0, 0.1) is 0 Å². The summed E-state index contributed by atoms with van der Waals surface area (Å²) in [5, 5.41) is 12.3. The summed E-state index contributed by atoms with van der Waals surface area (Å²) in [6, 6.07) is 0.431. The number of halogens is 1. The Bertz CT molecular complexity index is 468. The lowest BCUT2D eigenvalue weighted by Crippen LogP contribution is -2.40. The van der Waals surface area contributed by atoms with E-state index >= 15 is 0 Å². The van der Waals surface area contributed by atoms with Gasteiger partial charge in [-0.15, -0.1) is 10.2 Å². The van der Waals surface area contributed by atoms with E-state index in [4.69, 9.17) is 16.3 Å². The number of hydrogen-bond donors (Lipinski definition) is 1. The minimum Gasteiger partial charge on any atom is -0.376 e. The van der Waals surface area contributed by atoms with Gasteiger partial charge in [-0.2, -0.15) is 0 Å². The molecule has 0 spiro atoms. The van der Waals surface area contributed by atoms with Crippen LogP contribution in [-0.2, 0) is 17.8 Å². The number of likely N-dealkylation sites (tertiary alicyclic amines) is 1. The van der Waals surface area contributed by atoms with Crippen LogP contribution in [-0.4, -0.2) is 47.9 Å². The van der Waals surface area contributed by atoms with E-state index in [-0.39, 0.29) is 0 Å². The minimum atomic E-state index is 0.431. The van der Waals surface area contributed by atoms with Gasteiger partial charge in [0.2, 0.25) is 0 Å². The van der Waals surface area contributed by atoms with Crippen molar-refractivity contribution in [2.75, 3.05) is 32.1 Å². The number of nitrogens with zero attached hydrogens (tertiary/aromatic N) is 3. The number of likely N-dealkylation sites (N-methyl/N-ethyl adjacent to an activating group) is 1. The summed E-state index contributed by atoms with van der Waals surface area (Å²) in [5.74, 6) is 0.847. The molecule has 0 radical (unpaired) electrons. The van der Waals surface area contributed by atoms with Gasteiger partial charge in [0.05, 0.1) is 13.2 Å². The first-order valence-corrected chi connectivity index (χ1v) is 7.18. The SMILES string of the molecule is CN1CCC[C@@H](Nc2nnc(Cl)c3c2COCC3)C1. The molecule has 1 aromatic heterocycles. The zero-order chi connectivity index (χ0) is 13.2. The molecular weight excluding hydrogens is 264 g/mol. The van der Waals surface area contributed by atoms with E-state index in [9.17, 15) is 0 Å². The third-order valence-electron chi connectivity index (χ3n) is 3.85. The molecule has 6 heteroatoms. The van der Waals surface area contributed by atoms with Gasteiger partial charge < -0.3 is 15.0 Å². The first kappa shape index (κ1) is 13.1. The van der Waals surface area contributed by atoms with Gasteiger partial charge in [0, 0.05) is 23.7 Å². The van der Waals surface area contributed by atoms with Gasteiger partial charge >= 0.3 is 0 Å². The molecule has 1 N–H and O–H groups in total. The smallest absolute Gasteiger partial charge is 0.155 e. The van der Waals surface area contributed by atoms with Crippen molar-refractivity contribution in [1.29, 1.82) is 0 Å². The lowest BCUT2D eigenvalue weighted by atomic mass is 10.0. The van der Waals surface area contributed by atoms with E-state index in [1.807, 2.05) is 0 Å². The van der Waals surface area contributed by atoms with Crippen molar-refractivity contribution in [1.82, 2.24) is 15.1 Å². The van der Waals surface area contributed by atoms with Crippen molar-refractivity contribution in [3.05, 3.63) is 16.3 Å². The molecule has 0 unspecified atom stereocenters. The molecule has 3 rings (SSSR count). The lowest BCUT2D eigenvalue weighted by molar-refractivity contribution is 0.110. The number of aromatic nitrogens is 2. The number of nitrogens with one attached hydrogen (secondary N) is 1. The van der Waals surface area contributed by atoms with E-state index in [0.717, 1.165) is 29.9 Å². The predicted molar refractivity (Wildman–Crippen MR) is 74.5 cm³/mol. The van der Waals surface area contributed by atoms with E-state index in [1.165, 1.54) is 19.4 Å². The number of piperidine rings is 1. The highest BCUT2D eigenvalue weighted by Gasteiger charge is 2.23. The summed E-state index contributed by atoms with van der Waals surface area (Å²) in [5.41, 5.74) is 2.18. The molecule has 0 bridgehead atoms. The number of fused-ring (bicyclic) bond motifs is 1. The van der Waals surface area contributed by atoms with Crippen LogP contribution in [0.3, 0.4) is 0 Å². The van der Waals surface area contributed by atoms with Crippen molar-refractivity contribution < 1.29 is 4.74 Å². The summed E-state index contributed by atoms with van der Waals surface area (Å²) in [7, 11) is 2.15. The first-order chi connectivity index (χ1) is 9.24. The second-order valence-corrected chi connectivity index (χ2v) is 5.70. The Morgan fingerprint density at radius 3 is 3.11 bits per heavy atom. The van der Waals surface area contributed by atoms with Crippen LogP contribution in [0.5, 0.6) is 0 Å². The molecule has 1 aromatic rings. The zero-order valence-electron chi connectivity index (χ0n) is 11.2. The maximum Gasteiger partial charge on any atom is 0.155 e. The Morgan fingerprint density at radius 2 is 2.26 bits per heavy atom. The van der Waals surface area contributed by atoms with Gasteiger partial charge in [0.25, 0.3) is 0 Å². The summed E-state index contributed by atoms with van der Waals surface area (Å²) < 4.78 is 5.53. The molecular formula is C13H19ClN4O. The fourth-order valence-corrected chi connectivity index (χ4v) is 3.08. The number of anilines is 1. The second kappa shape index (κ2) is 5.61. The van der Waals surface area contributed by atoms with Gasteiger partial charge in [-0.3, -0.25) is 0 Å². The molecule has 2 aliphatic rings. The number of rotatable bonds is 2. The van der Waals surface area contributed by atoms with Crippen LogP contribution < -0.4 is 5.32 Å². The molecule has 1 fully saturated rings. The highest BCUT2D eigenvalue weighted by molar-refractivity contribution is 6.30. The maximum absolute atomic E-state index is 6.11. The second-order valence-electron chi connectivity index (χ2n) is 5.34. The summed E-state index contributed by atoms with van der Waals surface area (Å²) >= 11 is 6.11. The lowest BCUT2D eigenvalue weighted by Gasteiger charge is -2.31. The standard InChI is InChI=1S/C13H19ClN4O/c1-18-5-2-3-9(7-18)15-13-11-8-19-6-4-10(11)12(14)16-17-13/h9H,2-8H2,1H3,(H,15,17)/t9-/m1/s1. The molecule has 0 aromatic carbocycles. The zero-order valence-corrected chi connectivity index (χ0v) is 11.9. The van der Waals surface area contributed by atoms with Crippen LogP contribution >= 0.6 is 11.6 Å². The van der Waals surface area contributed by atoms with E-state index in [0.29, 0.717) is 24.4 Å². The molecule has 0 aliphatic carbocycles. The van der Waals surface area contributed by atoms with Crippen molar-refractivity contribution >= 4 is 17.4 Å². The number of hydrogen-bond acceptors (Lipinski definition) is 5. The van der Waals surface area contributed by atoms with Crippen molar-refractivity contribution in [3.63, 3.8) is 0 Å². The van der Waals surface area contributed by atoms with Gasteiger partial charge in [-0.1, -0.05) is 11.6 Å². The van der Waals surface area contributed by atoms with E-state index in [2.05, 4.69) is 27.5 Å². The monoisotopic (exact) mass is 282 g/mol. The van der Waals surface area contributed by atoms with Crippen LogP contribution in [0.25, 0.3) is 0 Å². The third kappa shape index (κ3) is 2.83. The van der Waals surface area contributed by atoms with Gasteiger partial charge in [0.1, 0.15) is 0 Å². The molecule has 1 saturated heterocycles. The molecule has 1 atom stereocenters. The van der Waals surface area contributed by atoms with E-state index in [1.54, 1.807) is 0 Å². The molecule has 0 saturated carbocycles.